The fraction of sp³-hybridized carbons (Fsp3) is 0.682. The van der Waals surface area contributed by atoms with Crippen molar-refractivity contribution >= 4 is 11.6 Å². The van der Waals surface area contributed by atoms with Gasteiger partial charge in [0.2, 0.25) is 5.91 Å². The van der Waals surface area contributed by atoms with Gasteiger partial charge in [-0.3, -0.25) is 4.79 Å². The van der Waals surface area contributed by atoms with Crippen molar-refractivity contribution in [3.63, 3.8) is 0 Å². The first-order valence-corrected chi connectivity index (χ1v) is 10.5. The lowest BCUT2D eigenvalue weighted by Crippen LogP contribution is -2.39. The summed E-state index contributed by atoms with van der Waals surface area (Å²) in [5.41, 5.74) is 2.05. The second-order valence-corrected chi connectivity index (χ2v) is 8.50. The average molecular weight is 357 g/mol. The van der Waals surface area contributed by atoms with Crippen LogP contribution in [0.2, 0.25) is 0 Å². The topological polar surface area (TPSA) is 50.4 Å². The maximum atomic E-state index is 12.5. The van der Waals surface area contributed by atoms with E-state index in [4.69, 9.17) is 4.74 Å². The van der Waals surface area contributed by atoms with Crippen LogP contribution in [0, 0.1) is 5.92 Å². The van der Waals surface area contributed by atoms with Crippen molar-refractivity contribution in [3.05, 3.63) is 29.8 Å². The smallest absolute Gasteiger partial charge is 0.224 e. The third kappa shape index (κ3) is 4.86. The zero-order chi connectivity index (χ0) is 17.8. The number of fused-ring (bicyclic) bond motifs is 2. The van der Waals surface area contributed by atoms with Gasteiger partial charge in [-0.05, 0) is 62.1 Å². The minimum Gasteiger partial charge on any atom is -0.374 e. The highest BCUT2D eigenvalue weighted by atomic mass is 16.5. The van der Waals surface area contributed by atoms with Gasteiger partial charge in [0, 0.05) is 24.2 Å². The molecule has 1 aromatic carbocycles. The number of benzene rings is 1. The predicted molar refractivity (Wildman–Crippen MR) is 104 cm³/mol. The summed E-state index contributed by atoms with van der Waals surface area (Å²) in [6.07, 6.45) is 12.2. The lowest BCUT2D eigenvalue weighted by molar-refractivity contribution is -0.117. The summed E-state index contributed by atoms with van der Waals surface area (Å²) < 4.78 is 6.06. The number of hydrogen-bond acceptors (Lipinski definition) is 3. The Labute approximate surface area is 157 Å². The second kappa shape index (κ2) is 8.53. The van der Waals surface area contributed by atoms with Crippen molar-refractivity contribution in [2.45, 2.75) is 89.0 Å². The van der Waals surface area contributed by atoms with Crippen LogP contribution in [-0.2, 0) is 16.1 Å². The molecule has 26 heavy (non-hydrogen) atoms. The number of ether oxygens (including phenoxy) is 1. The molecule has 4 rings (SSSR count). The molecule has 4 heteroatoms. The molecule has 2 aliphatic heterocycles. The highest BCUT2D eigenvalue weighted by Crippen LogP contribution is 2.32. The molecule has 2 heterocycles. The van der Waals surface area contributed by atoms with Crippen LogP contribution in [0.25, 0.3) is 0 Å². The van der Waals surface area contributed by atoms with Crippen molar-refractivity contribution < 1.29 is 9.53 Å². The van der Waals surface area contributed by atoms with E-state index in [9.17, 15) is 4.79 Å². The van der Waals surface area contributed by atoms with Gasteiger partial charge in [0.05, 0.1) is 12.7 Å². The first-order valence-electron chi connectivity index (χ1n) is 10.5. The highest BCUT2D eigenvalue weighted by Gasteiger charge is 2.34. The van der Waals surface area contributed by atoms with Crippen LogP contribution in [-0.4, -0.2) is 24.1 Å². The molecule has 1 aromatic rings. The van der Waals surface area contributed by atoms with Crippen LogP contribution >= 0.6 is 0 Å². The number of nitrogens with one attached hydrogen (secondary N) is 2. The highest BCUT2D eigenvalue weighted by molar-refractivity contribution is 5.90. The van der Waals surface area contributed by atoms with Gasteiger partial charge >= 0.3 is 0 Å². The van der Waals surface area contributed by atoms with E-state index in [1.807, 2.05) is 12.1 Å². The fourth-order valence-corrected chi connectivity index (χ4v) is 5.00. The number of amides is 1. The first kappa shape index (κ1) is 18.0. The molecule has 3 fully saturated rings. The summed E-state index contributed by atoms with van der Waals surface area (Å²) in [6, 6.07) is 9.43. The summed E-state index contributed by atoms with van der Waals surface area (Å²) in [4.78, 5) is 12.5. The molecule has 0 spiro atoms. The Bertz CT molecular complexity index is 600. The van der Waals surface area contributed by atoms with Crippen molar-refractivity contribution in [2.24, 2.45) is 5.92 Å². The lowest BCUT2D eigenvalue weighted by Gasteiger charge is -2.28. The van der Waals surface area contributed by atoms with Crippen LogP contribution < -0.4 is 10.6 Å². The normalized spacial score (nSPS) is 28.8. The third-order valence-corrected chi connectivity index (χ3v) is 6.29. The second-order valence-electron chi connectivity index (χ2n) is 8.50. The van der Waals surface area contributed by atoms with Crippen LogP contribution in [0.15, 0.2) is 24.3 Å². The number of hydrogen-bond donors (Lipinski definition) is 2. The van der Waals surface area contributed by atoms with E-state index in [1.165, 1.54) is 44.9 Å². The summed E-state index contributed by atoms with van der Waals surface area (Å²) in [5.74, 6) is 0.688. The fourth-order valence-electron chi connectivity index (χ4n) is 5.00. The third-order valence-electron chi connectivity index (χ3n) is 6.29. The molecular formula is C22H32N2O2. The summed E-state index contributed by atoms with van der Waals surface area (Å²) in [7, 11) is 0. The van der Waals surface area contributed by atoms with Crippen molar-refractivity contribution in [1.29, 1.82) is 0 Å². The molecule has 2 saturated heterocycles. The molecule has 4 nitrogen and oxygen atoms in total. The largest absolute Gasteiger partial charge is 0.374 e. The molecule has 1 saturated carbocycles. The van der Waals surface area contributed by atoms with Crippen LogP contribution in [0.1, 0.15) is 69.8 Å². The van der Waals surface area contributed by atoms with E-state index in [-0.39, 0.29) is 5.91 Å². The van der Waals surface area contributed by atoms with E-state index < -0.39 is 0 Å². The van der Waals surface area contributed by atoms with E-state index in [2.05, 4.69) is 22.8 Å². The molecule has 2 N–H and O–H groups in total. The predicted octanol–water partition coefficient (Wildman–Crippen LogP) is 4.40. The van der Waals surface area contributed by atoms with Crippen LogP contribution in [0.5, 0.6) is 0 Å². The standard InChI is InChI=1S/C22H32N2O2/c25-22(14-17-12-19-9-10-20(13-17)23-19)24-18-6-4-5-16(11-18)15-26-21-7-2-1-3-8-21/h4-6,11,17,19-21,23H,1-3,7-10,12-15H2,(H,24,25). The monoisotopic (exact) mass is 356 g/mol. The average Bonchev–Trinajstić information content (AvgIpc) is 2.99. The minimum absolute atomic E-state index is 0.154. The van der Waals surface area contributed by atoms with E-state index in [1.54, 1.807) is 0 Å². The molecular weight excluding hydrogens is 324 g/mol. The van der Waals surface area contributed by atoms with Gasteiger partial charge in [-0.2, -0.15) is 0 Å². The molecule has 142 valence electrons. The number of carbonyl (C=O) groups excluding carboxylic acids is 1. The summed E-state index contributed by atoms with van der Waals surface area (Å²) in [5, 5.41) is 6.75. The molecule has 2 atom stereocenters. The molecule has 0 radical (unpaired) electrons. The van der Waals surface area contributed by atoms with E-state index in [0.29, 0.717) is 37.1 Å². The Morgan fingerprint density at radius 3 is 2.62 bits per heavy atom. The number of rotatable bonds is 6. The van der Waals surface area contributed by atoms with Gasteiger partial charge in [0.25, 0.3) is 0 Å². The van der Waals surface area contributed by atoms with E-state index in [0.717, 1.165) is 24.1 Å². The minimum atomic E-state index is 0.154. The Morgan fingerprint density at radius 1 is 1.08 bits per heavy atom. The Hall–Kier alpha value is -1.39. The van der Waals surface area contributed by atoms with Crippen LogP contribution in [0.4, 0.5) is 5.69 Å². The molecule has 2 bridgehead atoms. The van der Waals surface area contributed by atoms with Gasteiger partial charge in [-0.1, -0.05) is 31.4 Å². The van der Waals surface area contributed by atoms with E-state index >= 15 is 0 Å². The molecule has 3 aliphatic rings. The Balaban J connectivity index is 1.25. The van der Waals surface area contributed by atoms with Gasteiger partial charge < -0.3 is 15.4 Å². The van der Waals surface area contributed by atoms with Crippen molar-refractivity contribution in [2.75, 3.05) is 5.32 Å². The zero-order valence-corrected chi connectivity index (χ0v) is 15.7. The van der Waals surface area contributed by atoms with Gasteiger partial charge in [-0.25, -0.2) is 0 Å². The molecule has 1 amide bonds. The van der Waals surface area contributed by atoms with Crippen molar-refractivity contribution in [1.82, 2.24) is 5.32 Å². The number of anilines is 1. The molecule has 1 aliphatic carbocycles. The van der Waals surface area contributed by atoms with Gasteiger partial charge in [0.1, 0.15) is 0 Å². The maximum Gasteiger partial charge on any atom is 0.224 e. The zero-order valence-electron chi connectivity index (χ0n) is 15.7. The number of piperidine rings is 1. The Morgan fingerprint density at radius 2 is 1.85 bits per heavy atom. The van der Waals surface area contributed by atoms with Gasteiger partial charge in [0.15, 0.2) is 0 Å². The summed E-state index contributed by atoms with van der Waals surface area (Å²) in [6.45, 7) is 0.645. The first-order chi connectivity index (χ1) is 12.7. The molecule has 0 aromatic heterocycles. The molecule has 2 unspecified atom stereocenters. The quantitative estimate of drug-likeness (QED) is 0.794. The van der Waals surface area contributed by atoms with Crippen molar-refractivity contribution in [3.8, 4) is 0 Å². The van der Waals surface area contributed by atoms with Gasteiger partial charge in [-0.15, -0.1) is 0 Å². The number of carbonyl (C=O) groups is 1. The summed E-state index contributed by atoms with van der Waals surface area (Å²) >= 11 is 0. The lowest BCUT2D eigenvalue weighted by atomic mass is 9.89. The SMILES string of the molecule is O=C(CC1CC2CCC(C1)N2)Nc1cccc(COC2CCCCC2)c1. The maximum absolute atomic E-state index is 12.5. The Kier molecular flexibility index (Phi) is 5.91. The van der Waals surface area contributed by atoms with Crippen LogP contribution in [0.3, 0.4) is 0 Å².